The van der Waals surface area contributed by atoms with E-state index in [1.165, 1.54) is 0 Å². The van der Waals surface area contributed by atoms with Gasteiger partial charge in [0.15, 0.2) is 0 Å². The summed E-state index contributed by atoms with van der Waals surface area (Å²) < 4.78 is 6.88. The molecule has 148 valence electrons. The molecule has 2 heterocycles. The lowest BCUT2D eigenvalue weighted by molar-refractivity contribution is 0.190. The number of anilines is 2. The van der Waals surface area contributed by atoms with Crippen LogP contribution in [0, 0.1) is 6.92 Å². The first-order chi connectivity index (χ1) is 13.3. The Morgan fingerprint density at radius 3 is 2.71 bits per heavy atom. The number of ether oxygens (including phenoxy) is 1. The van der Waals surface area contributed by atoms with Gasteiger partial charge in [0.25, 0.3) is 5.56 Å². The summed E-state index contributed by atoms with van der Waals surface area (Å²) in [6, 6.07) is 7.37. The minimum Gasteiger partial charge on any atom is -0.398 e. The summed E-state index contributed by atoms with van der Waals surface area (Å²) in [7, 11) is 1.66. The molecule has 0 saturated heterocycles. The third kappa shape index (κ3) is 3.84. The molecule has 2 aromatic heterocycles. The van der Waals surface area contributed by atoms with Crippen LogP contribution < -0.4 is 16.6 Å². The molecule has 0 bridgehead atoms. The maximum atomic E-state index is 13.2. The van der Waals surface area contributed by atoms with Crippen LogP contribution in [0.5, 0.6) is 0 Å². The van der Waals surface area contributed by atoms with Crippen LogP contribution in [-0.4, -0.2) is 29.3 Å². The number of nitrogen functional groups attached to an aromatic ring is 1. The van der Waals surface area contributed by atoms with Crippen molar-refractivity contribution < 1.29 is 4.74 Å². The van der Waals surface area contributed by atoms with Gasteiger partial charge in [0.2, 0.25) is 0 Å². The maximum absolute atomic E-state index is 13.2. The van der Waals surface area contributed by atoms with Crippen molar-refractivity contribution in [1.82, 2.24) is 9.55 Å². The molecular weight excluding hydrogens is 376 g/mol. The van der Waals surface area contributed by atoms with E-state index in [0.717, 1.165) is 16.5 Å². The zero-order chi connectivity index (χ0) is 20.4. The summed E-state index contributed by atoms with van der Waals surface area (Å²) in [5.74, 6) is 0.698. The Bertz CT molecular complexity index is 1080. The Morgan fingerprint density at radius 2 is 2.04 bits per heavy atom. The van der Waals surface area contributed by atoms with Gasteiger partial charge in [-0.3, -0.25) is 4.79 Å². The molecule has 0 fully saturated rings. The molecule has 1 atom stereocenters. The van der Waals surface area contributed by atoms with Gasteiger partial charge in [0, 0.05) is 59.2 Å². The molecule has 0 spiro atoms. The van der Waals surface area contributed by atoms with E-state index in [1.54, 1.807) is 30.0 Å². The van der Waals surface area contributed by atoms with E-state index in [4.69, 9.17) is 22.1 Å². The third-order valence-corrected chi connectivity index (χ3v) is 5.06. The molecule has 1 aromatic carbocycles. The monoisotopic (exact) mass is 400 g/mol. The van der Waals surface area contributed by atoms with Gasteiger partial charge >= 0.3 is 0 Å². The van der Waals surface area contributed by atoms with E-state index in [2.05, 4.69) is 10.3 Å². The Kier molecular flexibility index (Phi) is 5.91. The highest BCUT2D eigenvalue weighted by Gasteiger charge is 2.15. The Hall–Kier alpha value is -2.57. The topological polar surface area (TPSA) is 82.2 Å². The van der Waals surface area contributed by atoms with Gasteiger partial charge in [-0.2, -0.15) is 0 Å². The molecule has 7 heteroatoms. The number of benzene rings is 1. The molecule has 0 amide bonds. The van der Waals surface area contributed by atoms with E-state index in [9.17, 15) is 4.79 Å². The second-order valence-corrected chi connectivity index (χ2v) is 7.33. The molecule has 0 aliphatic heterocycles. The van der Waals surface area contributed by atoms with Crippen molar-refractivity contribution in [2.24, 2.45) is 0 Å². The van der Waals surface area contributed by atoms with E-state index < -0.39 is 0 Å². The minimum atomic E-state index is -0.109. The van der Waals surface area contributed by atoms with Gasteiger partial charge in [0.05, 0.1) is 12.1 Å². The lowest BCUT2D eigenvalue weighted by atomic mass is 10.0. The molecule has 3 N–H and O–H groups in total. The fourth-order valence-corrected chi connectivity index (χ4v) is 3.62. The first-order valence-electron chi connectivity index (χ1n) is 9.20. The number of nitrogens with zero attached hydrogens (tertiary/aromatic N) is 2. The number of pyridine rings is 2. The summed E-state index contributed by atoms with van der Waals surface area (Å²) >= 11 is 6.43. The van der Waals surface area contributed by atoms with Gasteiger partial charge in [-0.1, -0.05) is 11.6 Å². The fourth-order valence-electron chi connectivity index (χ4n) is 3.30. The van der Waals surface area contributed by atoms with Crippen LogP contribution >= 0.6 is 11.6 Å². The van der Waals surface area contributed by atoms with Gasteiger partial charge in [0.1, 0.15) is 5.82 Å². The third-order valence-electron chi connectivity index (χ3n) is 4.75. The smallest absolute Gasteiger partial charge is 0.258 e. The maximum Gasteiger partial charge on any atom is 0.258 e. The van der Waals surface area contributed by atoms with Crippen LogP contribution in [0.1, 0.15) is 19.4 Å². The van der Waals surface area contributed by atoms with Crippen LogP contribution in [0.3, 0.4) is 0 Å². The zero-order valence-electron chi connectivity index (χ0n) is 16.5. The number of hydrogen-bond acceptors (Lipinski definition) is 5. The summed E-state index contributed by atoms with van der Waals surface area (Å²) in [4.78, 5) is 17.7. The second-order valence-electron chi connectivity index (χ2n) is 6.93. The minimum absolute atomic E-state index is 0.102. The van der Waals surface area contributed by atoms with E-state index >= 15 is 0 Å². The average Bonchev–Trinajstić information content (AvgIpc) is 2.65. The summed E-state index contributed by atoms with van der Waals surface area (Å²) in [5.41, 5.74) is 9.39. The zero-order valence-corrected chi connectivity index (χ0v) is 17.3. The van der Waals surface area contributed by atoms with Crippen LogP contribution in [0.25, 0.3) is 22.0 Å². The summed E-state index contributed by atoms with van der Waals surface area (Å²) in [6.45, 7) is 6.93. The van der Waals surface area contributed by atoms with Crippen LogP contribution in [0.4, 0.5) is 11.5 Å². The van der Waals surface area contributed by atoms with Crippen molar-refractivity contribution in [3.8, 4) is 11.1 Å². The molecule has 0 saturated carbocycles. The fraction of sp³-hybridized carbons (Fsp3) is 0.333. The van der Waals surface area contributed by atoms with E-state index in [1.807, 2.05) is 32.9 Å². The first kappa shape index (κ1) is 20.2. The number of aromatic nitrogens is 2. The van der Waals surface area contributed by atoms with Crippen molar-refractivity contribution in [1.29, 1.82) is 0 Å². The van der Waals surface area contributed by atoms with Crippen molar-refractivity contribution in [3.63, 3.8) is 0 Å². The predicted octanol–water partition coefficient (Wildman–Crippen LogP) is 4.07. The standard InChI is InChI=1S/C21H25ClN4O2/c1-5-26-19-9-20(25-13(3)11-28-4)24-10-14(19)7-16(21(26)27)15-8-18(23)12(2)6-17(15)22/h6-10,13H,5,11,23H2,1-4H3,(H,24,25)/t13-/m1/s1. The molecule has 0 radical (unpaired) electrons. The number of rotatable bonds is 6. The number of halogens is 1. The summed E-state index contributed by atoms with van der Waals surface area (Å²) in [6.07, 6.45) is 1.76. The van der Waals surface area contributed by atoms with Crippen LogP contribution in [0.2, 0.25) is 5.02 Å². The molecule has 28 heavy (non-hydrogen) atoms. The van der Waals surface area contributed by atoms with Crippen LogP contribution in [0.15, 0.2) is 35.3 Å². The normalized spacial score (nSPS) is 12.3. The van der Waals surface area contributed by atoms with Gasteiger partial charge in [-0.15, -0.1) is 0 Å². The lowest BCUT2D eigenvalue weighted by Gasteiger charge is -2.16. The predicted molar refractivity (Wildman–Crippen MR) is 116 cm³/mol. The highest BCUT2D eigenvalue weighted by molar-refractivity contribution is 6.33. The van der Waals surface area contributed by atoms with Gasteiger partial charge < -0.3 is 20.4 Å². The number of fused-ring (bicyclic) bond motifs is 1. The van der Waals surface area contributed by atoms with Gasteiger partial charge in [-0.25, -0.2) is 4.98 Å². The van der Waals surface area contributed by atoms with Crippen molar-refractivity contribution in [3.05, 3.63) is 51.4 Å². The molecule has 6 nitrogen and oxygen atoms in total. The largest absolute Gasteiger partial charge is 0.398 e. The molecule has 0 unspecified atom stereocenters. The van der Waals surface area contributed by atoms with Crippen molar-refractivity contribution in [2.45, 2.75) is 33.4 Å². The molecule has 3 rings (SSSR count). The molecule has 0 aliphatic carbocycles. The van der Waals surface area contributed by atoms with E-state index in [0.29, 0.717) is 40.8 Å². The van der Waals surface area contributed by atoms with Gasteiger partial charge in [-0.05, 0) is 44.5 Å². The van der Waals surface area contributed by atoms with Crippen molar-refractivity contribution in [2.75, 3.05) is 24.8 Å². The lowest BCUT2D eigenvalue weighted by Crippen LogP contribution is -2.23. The van der Waals surface area contributed by atoms with Crippen molar-refractivity contribution >= 4 is 34.0 Å². The first-order valence-corrected chi connectivity index (χ1v) is 9.58. The highest BCUT2D eigenvalue weighted by Crippen LogP contribution is 2.31. The quantitative estimate of drug-likeness (QED) is 0.609. The van der Waals surface area contributed by atoms with Crippen LogP contribution in [-0.2, 0) is 11.3 Å². The Morgan fingerprint density at radius 1 is 1.29 bits per heavy atom. The van der Waals surface area contributed by atoms with E-state index in [-0.39, 0.29) is 11.6 Å². The SMILES string of the molecule is CCn1c(=O)c(-c2cc(N)c(C)cc2Cl)cc2cnc(N[C@H](C)COC)cc21. The molecule has 0 aliphatic rings. The number of nitrogens with two attached hydrogens (primary N) is 1. The number of aryl methyl sites for hydroxylation is 2. The highest BCUT2D eigenvalue weighted by atomic mass is 35.5. The molecule has 3 aromatic rings. The Balaban J connectivity index is 2.17. The second kappa shape index (κ2) is 8.20. The number of nitrogens with one attached hydrogen (secondary N) is 1. The summed E-state index contributed by atoms with van der Waals surface area (Å²) in [5, 5.41) is 4.65. The number of methoxy groups -OCH3 is 1. The number of hydrogen-bond donors (Lipinski definition) is 2. The Labute approximate surface area is 169 Å². The average molecular weight is 401 g/mol. The molecular formula is C21H25ClN4O2.